The predicted octanol–water partition coefficient (Wildman–Crippen LogP) is 18.9. The van der Waals surface area contributed by atoms with Gasteiger partial charge < -0.3 is 4.90 Å². The van der Waals surface area contributed by atoms with Gasteiger partial charge in [0, 0.05) is 22.2 Å². The SMILES string of the molecule is CC(C)(C)c1ccc2c(c1)C1(c3ccccc3-c3cc(-c4ccccc4N(c4ccc5ccccc5c4)c4ccccc4-c4cccc5c4-c4ccccc4C5(C)C)ccc31)c1cc(C(C)(C)C)ccc1-2. The van der Waals surface area contributed by atoms with Gasteiger partial charge >= 0.3 is 0 Å². The fraction of sp³-hybridized carbons (Fsp3) is 0.171. The second-order valence-electron chi connectivity index (χ2n) is 22.9. The van der Waals surface area contributed by atoms with E-state index in [1.807, 2.05) is 0 Å². The van der Waals surface area contributed by atoms with Gasteiger partial charge in [0.25, 0.3) is 0 Å². The van der Waals surface area contributed by atoms with Gasteiger partial charge in [0.15, 0.2) is 0 Å². The molecular formula is C70H59N. The molecule has 3 aliphatic carbocycles. The number of hydrogen-bond donors (Lipinski definition) is 0. The third-order valence-electron chi connectivity index (χ3n) is 16.4. The van der Waals surface area contributed by atoms with Crippen LogP contribution in [-0.2, 0) is 21.7 Å². The fourth-order valence-corrected chi connectivity index (χ4v) is 12.8. The Balaban J connectivity index is 1.05. The van der Waals surface area contributed by atoms with Gasteiger partial charge in [-0.05, 0) is 141 Å². The lowest BCUT2D eigenvalue weighted by Gasteiger charge is -2.33. The highest BCUT2D eigenvalue weighted by Crippen LogP contribution is 2.64. The molecule has 0 saturated heterocycles. The van der Waals surface area contributed by atoms with Gasteiger partial charge in [-0.3, -0.25) is 0 Å². The van der Waals surface area contributed by atoms with Crippen molar-refractivity contribution < 1.29 is 0 Å². The lowest BCUT2D eigenvalue weighted by molar-refractivity contribution is 0.586. The van der Waals surface area contributed by atoms with Crippen LogP contribution < -0.4 is 4.90 Å². The Morgan fingerprint density at radius 2 is 0.831 bits per heavy atom. The highest BCUT2D eigenvalue weighted by Gasteiger charge is 2.52. The molecule has 0 unspecified atom stereocenters. The van der Waals surface area contributed by atoms with Crippen LogP contribution in [0.4, 0.5) is 17.1 Å². The van der Waals surface area contributed by atoms with Crippen LogP contribution in [-0.4, -0.2) is 0 Å². The van der Waals surface area contributed by atoms with Crippen molar-refractivity contribution in [2.24, 2.45) is 0 Å². The largest absolute Gasteiger partial charge is 0.309 e. The maximum absolute atomic E-state index is 2.54. The molecule has 1 heteroatoms. The molecule has 0 aliphatic heterocycles. The first-order chi connectivity index (χ1) is 34.2. The third kappa shape index (κ3) is 6.31. The van der Waals surface area contributed by atoms with E-state index in [2.05, 4.69) is 273 Å². The summed E-state index contributed by atoms with van der Waals surface area (Å²) in [5.41, 5.74) is 26.5. The number of nitrogens with zero attached hydrogens (tertiary/aromatic N) is 1. The van der Waals surface area contributed by atoms with E-state index in [-0.39, 0.29) is 16.2 Å². The molecule has 1 nitrogen and oxygen atoms in total. The second-order valence-corrected chi connectivity index (χ2v) is 22.9. The Kier molecular flexibility index (Phi) is 9.38. The second kappa shape index (κ2) is 15.4. The summed E-state index contributed by atoms with van der Waals surface area (Å²) in [5, 5.41) is 2.44. The highest BCUT2D eigenvalue weighted by molar-refractivity contribution is 6.02. The van der Waals surface area contributed by atoms with Crippen molar-refractivity contribution in [2.45, 2.75) is 77.0 Å². The zero-order valence-corrected chi connectivity index (χ0v) is 42.2. The first-order valence-electron chi connectivity index (χ1n) is 25.5. The molecule has 3 aliphatic rings. The van der Waals surface area contributed by atoms with Crippen LogP contribution in [0.1, 0.15) is 99.9 Å². The lowest BCUT2D eigenvalue weighted by atomic mass is 9.68. The molecule has 10 aromatic rings. The molecule has 0 radical (unpaired) electrons. The summed E-state index contributed by atoms with van der Waals surface area (Å²) in [4.78, 5) is 2.52. The lowest BCUT2D eigenvalue weighted by Crippen LogP contribution is -2.27. The molecule has 13 rings (SSSR count). The molecule has 0 N–H and O–H groups in total. The summed E-state index contributed by atoms with van der Waals surface area (Å²) in [7, 11) is 0. The normalized spacial score (nSPS) is 14.4. The molecule has 0 bridgehead atoms. The maximum atomic E-state index is 2.54. The van der Waals surface area contributed by atoms with Gasteiger partial charge in [0.05, 0.1) is 16.8 Å². The van der Waals surface area contributed by atoms with E-state index in [1.54, 1.807) is 0 Å². The molecule has 0 heterocycles. The summed E-state index contributed by atoms with van der Waals surface area (Å²) < 4.78 is 0. The molecule has 0 atom stereocenters. The topological polar surface area (TPSA) is 3.24 Å². The van der Waals surface area contributed by atoms with Crippen LogP contribution in [0.5, 0.6) is 0 Å². The summed E-state index contributed by atoms with van der Waals surface area (Å²) in [5.74, 6) is 0. The van der Waals surface area contributed by atoms with Gasteiger partial charge in [-0.15, -0.1) is 0 Å². The maximum Gasteiger partial charge on any atom is 0.0725 e. The van der Waals surface area contributed by atoms with Crippen molar-refractivity contribution in [1.82, 2.24) is 0 Å². The molecule has 344 valence electrons. The molecule has 0 amide bonds. The van der Waals surface area contributed by atoms with Crippen molar-refractivity contribution in [3.63, 3.8) is 0 Å². The molecular weight excluding hydrogens is 855 g/mol. The van der Waals surface area contributed by atoms with Crippen LogP contribution >= 0.6 is 0 Å². The Bertz CT molecular complexity index is 3760. The number of hydrogen-bond acceptors (Lipinski definition) is 1. The van der Waals surface area contributed by atoms with E-state index in [0.717, 1.165) is 17.1 Å². The predicted molar refractivity (Wildman–Crippen MR) is 301 cm³/mol. The monoisotopic (exact) mass is 913 g/mol. The van der Waals surface area contributed by atoms with Gasteiger partial charge in [-0.25, -0.2) is 0 Å². The quantitative estimate of drug-likeness (QED) is 0.166. The average Bonchev–Trinajstić information content (AvgIpc) is 3.94. The summed E-state index contributed by atoms with van der Waals surface area (Å²) in [6, 6.07) is 81.1. The van der Waals surface area contributed by atoms with Crippen molar-refractivity contribution in [2.75, 3.05) is 4.90 Å². The minimum atomic E-state index is -0.462. The van der Waals surface area contributed by atoms with Crippen molar-refractivity contribution in [3.05, 3.63) is 257 Å². The average molecular weight is 914 g/mol. The number of para-hydroxylation sites is 2. The zero-order chi connectivity index (χ0) is 48.6. The first-order valence-corrected chi connectivity index (χ1v) is 25.5. The number of rotatable bonds is 5. The van der Waals surface area contributed by atoms with Crippen molar-refractivity contribution >= 4 is 27.8 Å². The Hall–Kier alpha value is -7.74. The minimum Gasteiger partial charge on any atom is -0.309 e. The van der Waals surface area contributed by atoms with E-state index >= 15 is 0 Å². The Morgan fingerprint density at radius 1 is 0.324 bits per heavy atom. The number of anilines is 3. The molecule has 1 spiro atoms. The van der Waals surface area contributed by atoms with Crippen LogP contribution in [0, 0.1) is 0 Å². The highest BCUT2D eigenvalue weighted by atomic mass is 15.1. The van der Waals surface area contributed by atoms with Gasteiger partial charge in [-0.2, -0.15) is 0 Å². The van der Waals surface area contributed by atoms with Gasteiger partial charge in [0.1, 0.15) is 0 Å². The number of benzene rings is 10. The van der Waals surface area contributed by atoms with Crippen LogP contribution in [0.2, 0.25) is 0 Å². The summed E-state index contributed by atoms with van der Waals surface area (Å²) in [6.07, 6.45) is 0. The molecule has 0 aromatic heterocycles. The van der Waals surface area contributed by atoms with Crippen LogP contribution in [0.25, 0.3) is 66.4 Å². The molecule has 10 aromatic carbocycles. The van der Waals surface area contributed by atoms with E-state index in [0.29, 0.717) is 0 Å². The minimum absolute atomic E-state index is 0.00669. The van der Waals surface area contributed by atoms with Crippen LogP contribution in [0.15, 0.2) is 212 Å². The third-order valence-corrected chi connectivity index (χ3v) is 16.4. The zero-order valence-electron chi connectivity index (χ0n) is 42.2. The van der Waals surface area contributed by atoms with Gasteiger partial charge in [0.2, 0.25) is 0 Å². The van der Waals surface area contributed by atoms with E-state index in [4.69, 9.17) is 0 Å². The fourth-order valence-electron chi connectivity index (χ4n) is 12.8. The molecule has 0 saturated carbocycles. The van der Waals surface area contributed by atoms with E-state index in [9.17, 15) is 0 Å². The Morgan fingerprint density at radius 3 is 1.51 bits per heavy atom. The van der Waals surface area contributed by atoms with E-state index < -0.39 is 5.41 Å². The first kappa shape index (κ1) is 43.3. The molecule has 71 heavy (non-hydrogen) atoms. The Labute approximate surface area is 420 Å². The van der Waals surface area contributed by atoms with Crippen molar-refractivity contribution in [3.8, 4) is 55.6 Å². The molecule has 0 fully saturated rings. The summed E-state index contributed by atoms with van der Waals surface area (Å²) in [6.45, 7) is 18.8. The van der Waals surface area contributed by atoms with E-state index in [1.165, 1.54) is 111 Å². The van der Waals surface area contributed by atoms with Crippen LogP contribution in [0.3, 0.4) is 0 Å². The summed E-state index contributed by atoms with van der Waals surface area (Å²) >= 11 is 0. The number of fused-ring (bicyclic) bond motifs is 14. The smallest absolute Gasteiger partial charge is 0.0725 e. The standard InChI is InChI=1S/C70H59N/c1-67(2,3)47-34-37-52-53-38-35-48(68(4,5)6)43-63(53)70(62(52)42-47)59-28-16-11-23-51(59)57-41-46(33-39-60(57)70)50-22-13-17-30-64(50)71(49-36-32-44-20-9-10-21-45(44)40-49)65-31-18-14-24-54(65)55-26-19-29-61-66(55)56-25-12-15-27-58(56)69(61,7)8/h9-43H,1-8H3. The van der Waals surface area contributed by atoms with Crippen molar-refractivity contribution in [1.29, 1.82) is 0 Å². The van der Waals surface area contributed by atoms with Gasteiger partial charge in [-0.1, -0.05) is 237 Å².